The van der Waals surface area contributed by atoms with Gasteiger partial charge in [0.1, 0.15) is 0 Å². The summed E-state index contributed by atoms with van der Waals surface area (Å²) in [6.07, 6.45) is 6.75. The third kappa shape index (κ3) is 2.38. The molecule has 0 spiro atoms. The van der Waals surface area contributed by atoms with Crippen molar-refractivity contribution < 1.29 is 4.74 Å². The van der Waals surface area contributed by atoms with Crippen molar-refractivity contribution >= 4 is 0 Å². The lowest BCUT2D eigenvalue weighted by Gasteiger charge is -2.23. The fourth-order valence-corrected chi connectivity index (χ4v) is 2.37. The molecule has 1 atom stereocenters. The molecular formula is C12H21N3O. The maximum atomic E-state index is 5.36. The van der Waals surface area contributed by atoms with Gasteiger partial charge in [0, 0.05) is 19.0 Å². The van der Waals surface area contributed by atoms with Crippen molar-refractivity contribution in [2.45, 2.75) is 45.2 Å². The molecule has 4 nitrogen and oxygen atoms in total. The lowest BCUT2D eigenvalue weighted by Crippen LogP contribution is -2.36. The molecule has 1 aromatic heterocycles. The zero-order valence-electron chi connectivity index (χ0n) is 10.2. The highest BCUT2D eigenvalue weighted by Crippen LogP contribution is 2.21. The van der Waals surface area contributed by atoms with Crippen molar-refractivity contribution in [2.75, 3.05) is 13.7 Å². The molecular weight excluding hydrogens is 202 g/mol. The van der Waals surface area contributed by atoms with Crippen LogP contribution in [0.15, 0.2) is 6.20 Å². The van der Waals surface area contributed by atoms with Crippen LogP contribution in [-0.2, 0) is 13.0 Å². The Balaban J connectivity index is 2.08. The number of methoxy groups -OCH3 is 1. The van der Waals surface area contributed by atoms with Gasteiger partial charge in [-0.3, -0.25) is 4.68 Å². The molecule has 1 aliphatic heterocycles. The Morgan fingerprint density at radius 2 is 2.44 bits per heavy atom. The van der Waals surface area contributed by atoms with E-state index in [0.717, 1.165) is 25.3 Å². The summed E-state index contributed by atoms with van der Waals surface area (Å²) in [5, 5.41) is 7.90. The normalized spacial score (nSPS) is 21.0. The van der Waals surface area contributed by atoms with Gasteiger partial charge < -0.3 is 10.1 Å². The zero-order chi connectivity index (χ0) is 11.4. The molecule has 16 heavy (non-hydrogen) atoms. The van der Waals surface area contributed by atoms with Gasteiger partial charge in [-0.2, -0.15) is 5.10 Å². The highest BCUT2D eigenvalue weighted by Gasteiger charge is 2.18. The predicted molar refractivity (Wildman–Crippen MR) is 63.8 cm³/mol. The summed E-state index contributed by atoms with van der Waals surface area (Å²) in [7, 11) is 1.72. The first-order chi connectivity index (χ1) is 7.85. The summed E-state index contributed by atoms with van der Waals surface area (Å²) in [5.41, 5.74) is 1.23. The molecule has 2 rings (SSSR count). The van der Waals surface area contributed by atoms with Crippen molar-refractivity contribution in [3.05, 3.63) is 11.9 Å². The maximum absolute atomic E-state index is 5.36. The molecule has 90 valence electrons. The lowest BCUT2D eigenvalue weighted by molar-refractivity contribution is 0.373. The van der Waals surface area contributed by atoms with Crippen LogP contribution >= 0.6 is 0 Å². The van der Waals surface area contributed by atoms with E-state index in [9.17, 15) is 0 Å². The van der Waals surface area contributed by atoms with Crippen molar-refractivity contribution in [3.63, 3.8) is 0 Å². The van der Waals surface area contributed by atoms with Gasteiger partial charge in [0.25, 0.3) is 0 Å². The van der Waals surface area contributed by atoms with Crippen LogP contribution in [0, 0.1) is 0 Å². The first kappa shape index (κ1) is 11.5. The van der Waals surface area contributed by atoms with Crippen LogP contribution in [0.2, 0.25) is 0 Å². The highest BCUT2D eigenvalue weighted by molar-refractivity contribution is 5.26. The van der Waals surface area contributed by atoms with Crippen molar-refractivity contribution in [1.29, 1.82) is 0 Å². The fraction of sp³-hybridized carbons (Fsp3) is 0.750. The molecule has 0 saturated carbocycles. The Labute approximate surface area is 97.0 Å². The number of nitrogens with zero attached hydrogens (tertiary/aromatic N) is 2. The second-order valence-electron chi connectivity index (χ2n) is 4.33. The molecule has 4 heteroatoms. The minimum atomic E-state index is 0.588. The van der Waals surface area contributed by atoms with E-state index in [1.165, 1.54) is 25.0 Å². The number of ether oxygens (including phenoxy) is 1. The maximum Gasteiger partial charge on any atom is 0.159 e. The Hall–Kier alpha value is -1.03. The van der Waals surface area contributed by atoms with E-state index in [2.05, 4.69) is 17.3 Å². The largest absolute Gasteiger partial charge is 0.493 e. The Kier molecular flexibility index (Phi) is 3.83. The van der Waals surface area contributed by atoms with E-state index in [1.54, 1.807) is 7.11 Å². The summed E-state index contributed by atoms with van der Waals surface area (Å²) in [6.45, 7) is 4.17. The topological polar surface area (TPSA) is 39.1 Å². The standard InChI is InChI=1S/C12H21N3O/c1-3-15-11(12(16-2)9-14-15)8-10-6-4-5-7-13-10/h9-10,13H,3-8H2,1-2H3. The Morgan fingerprint density at radius 1 is 1.56 bits per heavy atom. The van der Waals surface area contributed by atoms with Crippen molar-refractivity contribution in [3.8, 4) is 5.75 Å². The smallest absolute Gasteiger partial charge is 0.159 e. The van der Waals surface area contributed by atoms with Crippen LogP contribution in [-0.4, -0.2) is 29.5 Å². The van der Waals surface area contributed by atoms with Gasteiger partial charge in [-0.25, -0.2) is 0 Å². The van der Waals surface area contributed by atoms with Crippen LogP contribution in [0.5, 0.6) is 5.75 Å². The second-order valence-corrected chi connectivity index (χ2v) is 4.33. The van der Waals surface area contributed by atoms with Crippen LogP contribution in [0.3, 0.4) is 0 Å². The predicted octanol–water partition coefficient (Wildman–Crippen LogP) is 1.60. The molecule has 2 heterocycles. The summed E-state index contributed by atoms with van der Waals surface area (Å²) < 4.78 is 7.40. The van der Waals surface area contributed by atoms with Gasteiger partial charge >= 0.3 is 0 Å². The molecule has 1 aliphatic rings. The minimum Gasteiger partial charge on any atom is -0.493 e. The van der Waals surface area contributed by atoms with Gasteiger partial charge in [0.05, 0.1) is 19.0 Å². The van der Waals surface area contributed by atoms with Gasteiger partial charge in [0.2, 0.25) is 0 Å². The number of nitrogens with one attached hydrogen (secondary N) is 1. The first-order valence-corrected chi connectivity index (χ1v) is 6.17. The minimum absolute atomic E-state index is 0.588. The summed E-state index contributed by atoms with van der Waals surface area (Å²) >= 11 is 0. The Bertz CT molecular complexity index is 308. The fourth-order valence-electron chi connectivity index (χ4n) is 2.37. The van der Waals surface area contributed by atoms with E-state index in [-0.39, 0.29) is 0 Å². The molecule has 0 radical (unpaired) electrons. The molecule has 0 amide bonds. The average molecular weight is 223 g/mol. The molecule has 1 saturated heterocycles. The number of piperidine rings is 1. The third-order valence-corrected chi connectivity index (χ3v) is 3.28. The van der Waals surface area contributed by atoms with E-state index in [0.29, 0.717) is 6.04 Å². The van der Waals surface area contributed by atoms with Crippen LogP contribution < -0.4 is 10.1 Å². The van der Waals surface area contributed by atoms with Crippen LogP contribution in [0.1, 0.15) is 31.9 Å². The van der Waals surface area contributed by atoms with E-state index >= 15 is 0 Å². The first-order valence-electron chi connectivity index (χ1n) is 6.17. The van der Waals surface area contributed by atoms with E-state index in [4.69, 9.17) is 4.74 Å². The molecule has 1 unspecified atom stereocenters. The van der Waals surface area contributed by atoms with Gasteiger partial charge in [-0.1, -0.05) is 6.42 Å². The number of aryl methyl sites for hydroxylation is 1. The quantitative estimate of drug-likeness (QED) is 0.842. The molecule has 0 aromatic carbocycles. The van der Waals surface area contributed by atoms with E-state index < -0.39 is 0 Å². The van der Waals surface area contributed by atoms with Gasteiger partial charge in [0.15, 0.2) is 5.75 Å². The highest BCUT2D eigenvalue weighted by atomic mass is 16.5. The summed E-state index contributed by atoms with van der Waals surface area (Å²) in [4.78, 5) is 0. The summed E-state index contributed by atoms with van der Waals surface area (Å²) in [6, 6.07) is 0.588. The van der Waals surface area contributed by atoms with Crippen LogP contribution in [0.25, 0.3) is 0 Å². The molecule has 0 aliphatic carbocycles. The molecule has 1 fully saturated rings. The van der Waals surface area contributed by atoms with Crippen molar-refractivity contribution in [1.82, 2.24) is 15.1 Å². The van der Waals surface area contributed by atoms with E-state index in [1.807, 2.05) is 10.9 Å². The average Bonchev–Trinajstić information content (AvgIpc) is 2.72. The zero-order valence-corrected chi connectivity index (χ0v) is 10.2. The second kappa shape index (κ2) is 5.34. The summed E-state index contributed by atoms with van der Waals surface area (Å²) in [5.74, 6) is 0.925. The Morgan fingerprint density at radius 3 is 3.06 bits per heavy atom. The number of hydrogen-bond donors (Lipinski definition) is 1. The molecule has 1 N–H and O–H groups in total. The molecule has 0 bridgehead atoms. The SMILES string of the molecule is CCn1ncc(OC)c1CC1CCCCN1. The van der Waals surface area contributed by atoms with Crippen molar-refractivity contribution in [2.24, 2.45) is 0 Å². The molecule has 1 aromatic rings. The van der Waals surface area contributed by atoms with Gasteiger partial charge in [-0.05, 0) is 26.3 Å². The number of aromatic nitrogens is 2. The monoisotopic (exact) mass is 223 g/mol. The lowest BCUT2D eigenvalue weighted by atomic mass is 10.0. The van der Waals surface area contributed by atoms with Crippen LogP contribution in [0.4, 0.5) is 0 Å². The third-order valence-electron chi connectivity index (χ3n) is 3.28. The number of rotatable bonds is 4. The number of hydrogen-bond acceptors (Lipinski definition) is 3. The van der Waals surface area contributed by atoms with Gasteiger partial charge in [-0.15, -0.1) is 0 Å².